The molecule has 0 heterocycles. The molecule has 0 amide bonds. The predicted octanol–water partition coefficient (Wildman–Crippen LogP) is -8.09. The van der Waals surface area contributed by atoms with Crippen LogP contribution in [0.25, 0.3) is 0 Å². The van der Waals surface area contributed by atoms with Crippen molar-refractivity contribution < 1.29 is 111 Å². The van der Waals surface area contributed by atoms with Crippen LogP contribution < -0.4 is 77.6 Å². The number of carboxylic acids is 3. The summed E-state index contributed by atoms with van der Waals surface area (Å²) >= 11 is 0. The molecule has 0 bridgehead atoms. The Morgan fingerprint density at radius 3 is 1.09 bits per heavy atom. The van der Waals surface area contributed by atoms with Crippen LogP contribution in [0.4, 0.5) is 0 Å². The van der Waals surface area contributed by atoms with Gasteiger partial charge in [0.25, 0.3) is 0 Å². The molecule has 17 heteroatoms. The number of aliphatic carboxylic acids is 3. The van der Waals surface area contributed by atoms with E-state index in [0.717, 1.165) is 0 Å². The molecule has 0 atom stereocenters. The second-order valence-corrected chi connectivity index (χ2v) is 3.70. The number of carboxylic acid groups (broad SMARTS) is 3. The van der Waals surface area contributed by atoms with Gasteiger partial charge < -0.3 is 48.0 Å². The van der Waals surface area contributed by atoms with Gasteiger partial charge in [0.2, 0.25) is 0 Å². The maximum Gasteiger partial charge on any atom is 1.00 e. The molecule has 0 saturated heterocycles. The maximum atomic E-state index is 10.3. The Balaban J connectivity index is -0.0000000455. The molecule has 130 valence electrons. The van der Waals surface area contributed by atoms with Crippen molar-refractivity contribution in [2.75, 3.05) is 0 Å². The summed E-state index contributed by atoms with van der Waals surface area (Å²) in [5.41, 5.74) is -2.74. The summed E-state index contributed by atoms with van der Waals surface area (Å²) in [4.78, 5) is 30.5. The molecule has 0 aromatic heterocycles. The van der Waals surface area contributed by atoms with Gasteiger partial charge in [-0.05, 0) is 0 Å². The molecule has 0 fully saturated rings. The second-order valence-electron chi connectivity index (χ2n) is 2.89. The van der Waals surface area contributed by atoms with E-state index in [-0.39, 0.29) is 77.6 Å². The topological polar surface area (TPSA) is 317 Å². The average molecular weight is 385 g/mol. The minimum atomic E-state index is -5.17. The van der Waals surface area contributed by atoms with E-state index in [1.807, 2.05) is 0 Å². The Labute approximate surface area is 175 Å². The summed E-state index contributed by atoms with van der Waals surface area (Å²) in [6, 6.07) is 0. The minimum absolute atomic E-state index is 0. The van der Waals surface area contributed by atoms with Crippen molar-refractivity contribution in [3.63, 3.8) is 0 Å². The van der Waals surface area contributed by atoms with Crippen molar-refractivity contribution in [1.82, 2.24) is 18.5 Å². The first-order valence-corrected chi connectivity index (χ1v) is 5.17. The summed E-state index contributed by atoms with van der Waals surface area (Å²) in [5, 5.41) is 33.8. The van der Waals surface area contributed by atoms with E-state index in [1.165, 1.54) is 0 Å². The van der Waals surface area contributed by atoms with Gasteiger partial charge in [-0.15, -0.1) is 0 Å². The number of rotatable bonds is 5. The zero-order chi connectivity index (χ0) is 15.1. The molecule has 0 aromatic carbocycles. The quantitative estimate of drug-likeness (QED) is 0.131. The zero-order valence-electron chi connectivity index (χ0n) is 12.6. The molecule has 0 aliphatic carbocycles. The number of aliphatic hydroxyl groups is 1. The van der Waals surface area contributed by atoms with E-state index in [9.17, 15) is 14.4 Å². The van der Waals surface area contributed by atoms with E-state index in [1.54, 1.807) is 0 Å². The van der Waals surface area contributed by atoms with Gasteiger partial charge in [-0.1, -0.05) is 0 Å². The first kappa shape index (κ1) is 43.5. The van der Waals surface area contributed by atoms with E-state index >= 15 is 0 Å². The van der Waals surface area contributed by atoms with Gasteiger partial charge in [0, 0.05) is 10.4 Å². The van der Waals surface area contributed by atoms with Crippen molar-refractivity contribution >= 4 is 28.3 Å². The first-order chi connectivity index (χ1) is 7.78. The molecule has 0 rings (SSSR count). The molecule has 0 aliphatic heterocycles. The fourth-order valence-corrected chi connectivity index (χ4v) is 0.714. The van der Waals surface area contributed by atoms with E-state index < -0.39 is 46.7 Å². The van der Waals surface area contributed by atoms with Crippen LogP contribution in [-0.2, 0) is 24.8 Å². The van der Waals surface area contributed by atoms with Crippen LogP contribution in [0.1, 0.15) is 12.8 Å². The summed E-state index contributed by atoms with van der Waals surface area (Å²) in [7, 11) is -5.17. The molecular formula is C6H17N3Na2O11S. The van der Waals surface area contributed by atoms with E-state index in [2.05, 4.69) is 0 Å². The number of hydrogen-bond acceptors (Lipinski definition) is 11. The fraction of sp³-hybridized carbons (Fsp3) is 0.500. The Morgan fingerprint density at radius 1 is 0.826 bits per heavy atom. The fourth-order valence-electron chi connectivity index (χ4n) is 0.714. The maximum absolute atomic E-state index is 10.3. The molecule has 14 nitrogen and oxygen atoms in total. The summed E-state index contributed by atoms with van der Waals surface area (Å²) in [5.74, 6) is -5.02. The summed E-state index contributed by atoms with van der Waals surface area (Å²) in [6.07, 6.45) is -2.29. The van der Waals surface area contributed by atoms with Crippen LogP contribution in [0.5, 0.6) is 0 Å². The average Bonchev–Trinajstić information content (AvgIpc) is 1.95. The van der Waals surface area contributed by atoms with E-state index in [0.29, 0.717) is 0 Å². The monoisotopic (exact) mass is 385 g/mol. The Hall–Kier alpha value is 0.120. The Kier molecular flexibility index (Phi) is 34.9. The van der Waals surface area contributed by atoms with Gasteiger partial charge >= 0.3 is 77.0 Å². The first-order valence-electron chi connectivity index (χ1n) is 3.84. The van der Waals surface area contributed by atoms with Gasteiger partial charge in [0.05, 0.1) is 12.8 Å². The van der Waals surface area contributed by atoms with Crippen molar-refractivity contribution in [3.05, 3.63) is 0 Å². The van der Waals surface area contributed by atoms with Crippen molar-refractivity contribution in [1.29, 1.82) is 0 Å². The van der Waals surface area contributed by atoms with Crippen LogP contribution >= 0.6 is 0 Å². The Bertz CT molecular complexity index is 419. The van der Waals surface area contributed by atoms with Crippen LogP contribution in [0.15, 0.2) is 0 Å². The normalized spacial score (nSPS) is 8.65. The Morgan fingerprint density at radius 2 is 1.00 bits per heavy atom. The van der Waals surface area contributed by atoms with Gasteiger partial charge in [-0.3, -0.25) is 18.0 Å². The molecule has 13 N–H and O–H groups in total. The molecule has 0 unspecified atom stereocenters. The van der Waals surface area contributed by atoms with Crippen LogP contribution in [-0.4, -0.2) is 61.5 Å². The van der Waals surface area contributed by atoms with Crippen molar-refractivity contribution in [2.24, 2.45) is 0 Å². The SMILES string of the molecule is N.N.N.O=C(O)CC(O)(CC(=O)O)C(=O)O.O=S(=O)([O-])[O-].[Na+].[Na+]. The molecule has 0 saturated carbocycles. The molecule has 0 aromatic rings. The third-order valence-electron chi connectivity index (χ3n) is 1.29. The molecular weight excluding hydrogens is 368 g/mol. The van der Waals surface area contributed by atoms with Crippen molar-refractivity contribution in [2.45, 2.75) is 18.4 Å². The van der Waals surface area contributed by atoms with Crippen LogP contribution in [0, 0.1) is 0 Å². The minimum Gasteiger partial charge on any atom is -0.759 e. The summed E-state index contributed by atoms with van der Waals surface area (Å²) in [6.45, 7) is 0. The largest absolute Gasteiger partial charge is 1.00 e. The number of carbonyl (C=O) groups is 3. The van der Waals surface area contributed by atoms with Gasteiger partial charge in [-0.2, -0.15) is 0 Å². The molecule has 0 aliphatic rings. The third kappa shape index (κ3) is 34.5. The smallest absolute Gasteiger partial charge is 0.759 e. The second kappa shape index (κ2) is 18.5. The van der Waals surface area contributed by atoms with Crippen molar-refractivity contribution in [3.8, 4) is 0 Å². The molecule has 23 heavy (non-hydrogen) atoms. The van der Waals surface area contributed by atoms with Crippen LogP contribution in [0.2, 0.25) is 0 Å². The number of hydrogen-bond donors (Lipinski definition) is 7. The van der Waals surface area contributed by atoms with E-state index in [4.69, 9.17) is 37.9 Å². The van der Waals surface area contributed by atoms with Gasteiger partial charge in [0.1, 0.15) is 0 Å². The van der Waals surface area contributed by atoms with Gasteiger partial charge in [0.15, 0.2) is 5.60 Å². The third-order valence-corrected chi connectivity index (χ3v) is 1.29. The van der Waals surface area contributed by atoms with Gasteiger partial charge in [-0.25, -0.2) is 4.79 Å². The zero-order valence-corrected chi connectivity index (χ0v) is 17.4. The van der Waals surface area contributed by atoms with Crippen LogP contribution in [0.3, 0.4) is 0 Å². The molecule has 0 radical (unpaired) electrons. The molecule has 0 spiro atoms. The standard InChI is InChI=1S/C6H8O7.3H3N.2Na.H2O4S/c7-3(8)1-6(13,5(11)12)2-4(9)10;;;;;;1-5(2,3)4/h13H,1-2H2,(H,7,8)(H,9,10)(H,11,12);3*1H3;;;(H2,1,2,3,4)/q;;;;2*+1;/p-2. The predicted molar refractivity (Wildman–Crippen MR) is 62.6 cm³/mol. The summed E-state index contributed by atoms with van der Waals surface area (Å²) < 4.78 is 34.1.